The SMILES string of the molecule is CC(C)Oc1cccc(-c2nn(Cc3nnco3)c3ccccc23)c1.CCOc1cccc(-c2nn(Cc3nnco3)c3ccccc23)c1.COc1cccc(-c2nn(Cc3nnco3)c3ccccc23)c1.c1ccc(COc2cccc(-c3nn(Cc4nnco4)c4ccccc34)c2)cc1. The number of hydrogen-bond acceptors (Lipinski definition) is 20. The van der Waals surface area contributed by atoms with E-state index in [-0.39, 0.29) is 6.10 Å². The average molecular weight is 1340 g/mol. The van der Waals surface area contributed by atoms with Gasteiger partial charge >= 0.3 is 0 Å². The molecule has 9 aromatic carbocycles. The van der Waals surface area contributed by atoms with E-state index in [1.165, 1.54) is 25.6 Å². The lowest BCUT2D eigenvalue weighted by Crippen LogP contribution is -2.05. The molecule has 0 spiro atoms. The van der Waals surface area contributed by atoms with Gasteiger partial charge in [0, 0.05) is 43.8 Å². The number of aromatic nitrogens is 16. The van der Waals surface area contributed by atoms with Crippen molar-refractivity contribution in [1.29, 1.82) is 0 Å². The summed E-state index contributed by atoms with van der Waals surface area (Å²) < 4.78 is 51.3. The fraction of sp³-hybridized carbons (Fsp3) is 0.143. The number of nitrogens with zero attached hydrogens (tertiary/aromatic N) is 16. The van der Waals surface area contributed by atoms with Crippen LogP contribution in [0.4, 0.5) is 0 Å². The standard InChI is InChI=1S/C23H18N4O2.C19H18N4O2.C18H16N4O2.C17H14N4O2/c1-2-7-17(8-3-1)15-28-19-10-6-9-18(13-19)23-20-11-4-5-12-21(20)27(26-23)14-22-25-24-16-29-22;1-13(2)25-15-7-5-6-14(10-15)19-16-8-3-4-9-17(16)23(22-19)11-18-21-20-12-24-18;1-2-23-14-7-5-6-13(10-14)18-15-8-3-4-9-16(15)22(21-18)11-17-20-19-12-24-17;1-22-13-6-4-5-12(9-13)17-14-7-2-3-8-15(14)21(20-17)10-16-19-18-11-23-16/h1-13,16H,14-15H2;3-10,12-13H,11H2,1-2H3;3-10,12H,2,11H2,1H3;2-9,11H,10H2,1H3. The van der Waals surface area contributed by atoms with Crippen LogP contribution >= 0.6 is 0 Å². The average Bonchev–Trinajstić information content (AvgIpc) is 1.66. The summed E-state index contributed by atoms with van der Waals surface area (Å²) in [5.74, 6) is 5.38. The molecule has 0 aliphatic rings. The third-order valence-electron chi connectivity index (χ3n) is 16.0. The van der Waals surface area contributed by atoms with Crippen molar-refractivity contribution < 1.29 is 36.6 Å². The lowest BCUT2D eigenvalue weighted by atomic mass is 10.1. The molecule has 0 bridgehead atoms. The Morgan fingerprint density at radius 2 is 0.663 bits per heavy atom. The summed E-state index contributed by atoms with van der Waals surface area (Å²) in [4.78, 5) is 0. The van der Waals surface area contributed by atoms with Crippen LogP contribution in [-0.4, -0.2) is 99.7 Å². The zero-order valence-corrected chi connectivity index (χ0v) is 55.4. The van der Waals surface area contributed by atoms with E-state index < -0.39 is 0 Å². The third-order valence-corrected chi connectivity index (χ3v) is 16.0. The number of ether oxygens (including phenoxy) is 4. The number of para-hydroxylation sites is 4. The molecule has 0 saturated carbocycles. The molecule has 101 heavy (non-hydrogen) atoms. The maximum Gasteiger partial charge on any atom is 0.237 e. The number of hydrogen-bond donors (Lipinski definition) is 0. The van der Waals surface area contributed by atoms with Crippen molar-refractivity contribution in [2.24, 2.45) is 0 Å². The molecule has 0 N–H and O–H groups in total. The van der Waals surface area contributed by atoms with E-state index in [1.807, 2.05) is 228 Å². The first-order valence-electron chi connectivity index (χ1n) is 32.5. The minimum atomic E-state index is 0.127. The Hall–Kier alpha value is -13.4. The first-order valence-corrected chi connectivity index (χ1v) is 32.5. The maximum atomic E-state index is 5.99. The molecule has 0 saturated heterocycles. The first kappa shape index (κ1) is 64.9. The second kappa shape index (κ2) is 30.8. The van der Waals surface area contributed by atoms with E-state index in [1.54, 1.807) is 7.11 Å². The second-order valence-electron chi connectivity index (χ2n) is 23.1. The van der Waals surface area contributed by atoms with Gasteiger partial charge in [-0.15, -0.1) is 40.8 Å². The van der Waals surface area contributed by atoms with E-state index in [2.05, 4.69) is 77.2 Å². The van der Waals surface area contributed by atoms with Crippen molar-refractivity contribution in [1.82, 2.24) is 79.9 Å². The molecule has 0 aliphatic carbocycles. The molecule has 24 heteroatoms. The van der Waals surface area contributed by atoms with Crippen molar-refractivity contribution in [3.05, 3.63) is 279 Å². The smallest absolute Gasteiger partial charge is 0.237 e. The highest BCUT2D eigenvalue weighted by Crippen LogP contribution is 2.35. The third kappa shape index (κ3) is 15.4. The highest BCUT2D eigenvalue weighted by atomic mass is 16.5. The van der Waals surface area contributed by atoms with Gasteiger partial charge in [0.15, 0.2) is 0 Å². The summed E-state index contributed by atoms with van der Waals surface area (Å²) in [6.45, 7) is 8.89. The normalized spacial score (nSPS) is 11.1. The Labute approximate surface area is 578 Å². The molecule has 17 aromatic rings. The summed E-state index contributed by atoms with van der Waals surface area (Å²) in [7, 11) is 1.66. The fourth-order valence-electron chi connectivity index (χ4n) is 11.5. The fourth-order valence-corrected chi connectivity index (χ4v) is 11.5. The van der Waals surface area contributed by atoms with Gasteiger partial charge in [0.05, 0.1) is 41.9 Å². The van der Waals surface area contributed by atoms with Crippen molar-refractivity contribution in [3.63, 3.8) is 0 Å². The maximum absolute atomic E-state index is 5.99. The van der Waals surface area contributed by atoms with Gasteiger partial charge in [-0.3, -0.25) is 18.7 Å². The van der Waals surface area contributed by atoms with Crippen LogP contribution in [0.5, 0.6) is 23.0 Å². The van der Waals surface area contributed by atoms with Gasteiger partial charge in [-0.05, 0) is 99.1 Å². The molecule has 0 aliphatic heterocycles. The van der Waals surface area contributed by atoms with E-state index in [0.717, 1.165) is 117 Å². The van der Waals surface area contributed by atoms with Crippen molar-refractivity contribution in [2.75, 3.05) is 13.7 Å². The molecule has 502 valence electrons. The molecule has 0 atom stereocenters. The highest BCUT2D eigenvalue weighted by Gasteiger charge is 2.20. The number of rotatable bonds is 20. The van der Waals surface area contributed by atoms with Gasteiger partial charge in [0.25, 0.3) is 0 Å². The van der Waals surface area contributed by atoms with E-state index >= 15 is 0 Å². The minimum absolute atomic E-state index is 0.127. The Kier molecular flexibility index (Phi) is 19.8. The minimum Gasteiger partial charge on any atom is -0.497 e. The van der Waals surface area contributed by atoms with Crippen LogP contribution in [0.1, 0.15) is 49.9 Å². The molecule has 0 radical (unpaired) electrons. The monoisotopic (exact) mass is 1340 g/mol. The zero-order chi connectivity index (χ0) is 68.7. The number of methoxy groups -OCH3 is 1. The summed E-state index contributed by atoms with van der Waals surface area (Å²) in [5, 5.41) is 54.1. The van der Waals surface area contributed by atoms with E-state index in [4.69, 9.17) is 57.0 Å². The summed E-state index contributed by atoms with van der Waals surface area (Å²) in [5.41, 5.74) is 12.8. The lowest BCUT2D eigenvalue weighted by Gasteiger charge is -2.10. The molecular formula is C77H66N16O8. The van der Waals surface area contributed by atoms with Crippen molar-refractivity contribution >= 4 is 43.6 Å². The van der Waals surface area contributed by atoms with Crippen molar-refractivity contribution in [2.45, 2.75) is 59.7 Å². The predicted octanol–water partition coefficient (Wildman–Crippen LogP) is 15.3. The quantitative estimate of drug-likeness (QED) is 0.0686. The molecule has 0 unspecified atom stereocenters. The van der Waals surface area contributed by atoms with Crippen LogP contribution in [0.3, 0.4) is 0 Å². The predicted molar refractivity (Wildman–Crippen MR) is 379 cm³/mol. The van der Waals surface area contributed by atoms with Crippen LogP contribution in [0.2, 0.25) is 0 Å². The van der Waals surface area contributed by atoms with Crippen LogP contribution in [0, 0.1) is 0 Å². The van der Waals surface area contributed by atoms with Gasteiger partial charge in [0.1, 0.15) is 78.6 Å². The van der Waals surface area contributed by atoms with Gasteiger partial charge in [-0.25, -0.2) is 0 Å². The molecule has 8 heterocycles. The van der Waals surface area contributed by atoms with Crippen molar-refractivity contribution in [3.8, 4) is 68.0 Å². The van der Waals surface area contributed by atoms with Crippen LogP contribution < -0.4 is 18.9 Å². The summed E-state index contributed by atoms with van der Waals surface area (Å²) >= 11 is 0. The first-order chi connectivity index (χ1) is 49.8. The van der Waals surface area contributed by atoms with Crippen LogP contribution in [0.15, 0.2) is 268 Å². The molecule has 8 aromatic heterocycles. The zero-order valence-electron chi connectivity index (χ0n) is 55.4. The lowest BCUT2D eigenvalue weighted by molar-refractivity contribution is 0.242. The topological polar surface area (TPSA) is 264 Å². The Morgan fingerprint density at radius 3 is 1.00 bits per heavy atom. The Balaban J connectivity index is 0.000000115. The van der Waals surface area contributed by atoms with Crippen LogP contribution in [-0.2, 0) is 32.8 Å². The molecule has 0 fully saturated rings. The molecule has 24 nitrogen and oxygen atoms in total. The molecule has 0 amide bonds. The van der Waals surface area contributed by atoms with Gasteiger partial charge in [0.2, 0.25) is 49.1 Å². The Morgan fingerprint density at radius 1 is 0.347 bits per heavy atom. The second-order valence-corrected chi connectivity index (χ2v) is 23.1. The van der Waals surface area contributed by atoms with E-state index in [0.29, 0.717) is 63.0 Å². The summed E-state index contributed by atoms with van der Waals surface area (Å²) in [6.07, 6.45) is 5.43. The molecule has 17 rings (SSSR count). The number of benzene rings is 9. The van der Waals surface area contributed by atoms with Crippen LogP contribution in [0.25, 0.3) is 88.6 Å². The van der Waals surface area contributed by atoms with E-state index in [9.17, 15) is 0 Å². The largest absolute Gasteiger partial charge is 0.497 e. The van der Waals surface area contributed by atoms with Gasteiger partial charge < -0.3 is 36.6 Å². The summed E-state index contributed by atoms with van der Waals surface area (Å²) in [6, 6.07) is 74.4. The number of fused-ring (bicyclic) bond motifs is 4. The highest BCUT2D eigenvalue weighted by molar-refractivity contribution is 5.96. The van der Waals surface area contributed by atoms with Gasteiger partial charge in [-0.1, -0.05) is 152 Å². The Bertz CT molecular complexity index is 5480. The molecular weight excluding hydrogens is 1280 g/mol. The van der Waals surface area contributed by atoms with Gasteiger partial charge in [-0.2, -0.15) is 20.4 Å².